The van der Waals surface area contributed by atoms with Crippen LogP contribution in [0, 0.1) is 5.92 Å². The number of hydrogen-bond donors (Lipinski definition) is 0. The van der Waals surface area contributed by atoms with Crippen molar-refractivity contribution in [1.29, 1.82) is 0 Å². The van der Waals surface area contributed by atoms with E-state index < -0.39 is 0 Å². The third-order valence-corrected chi connectivity index (χ3v) is 4.27. The van der Waals surface area contributed by atoms with Gasteiger partial charge in [0.1, 0.15) is 0 Å². The van der Waals surface area contributed by atoms with Crippen LogP contribution in [0.25, 0.3) is 0 Å². The maximum Gasteiger partial charge on any atom is 0.0959 e. The summed E-state index contributed by atoms with van der Waals surface area (Å²) in [4.78, 5) is 4.73. The van der Waals surface area contributed by atoms with E-state index in [1.807, 2.05) is 11.3 Å². The van der Waals surface area contributed by atoms with E-state index in [1.54, 1.807) is 0 Å². The SMILES string of the molecule is c1sc(C2CCC2)nc1CC1CC1. The molecule has 0 atom stereocenters. The highest BCUT2D eigenvalue weighted by atomic mass is 32.1. The maximum atomic E-state index is 4.73. The Bertz CT molecular complexity index is 297. The molecule has 70 valence electrons. The molecule has 1 nitrogen and oxygen atoms in total. The van der Waals surface area contributed by atoms with Gasteiger partial charge in [0.05, 0.1) is 10.7 Å². The van der Waals surface area contributed by atoms with Gasteiger partial charge in [-0.1, -0.05) is 6.42 Å². The van der Waals surface area contributed by atoms with Crippen molar-refractivity contribution in [3.8, 4) is 0 Å². The lowest BCUT2D eigenvalue weighted by molar-refractivity contribution is 0.417. The zero-order valence-corrected chi connectivity index (χ0v) is 8.65. The monoisotopic (exact) mass is 193 g/mol. The Labute approximate surface area is 83.2 Å². The van der Waals surface area contributed by atoms with Crippen LogP contribution in [0.1, 0.15) is 48.7 Å². The molecule has 0 amide bonds. The molecule has 0 saturated heterocycles. The fraction of sp³-hybridized carbons (Fsp3) is 0.727. The summed E-state index contributed by atoms with van der Waals surface area (Å²) in [6, 6.07) is 0. The van der Waals surface area contributed by atoms with Crippen molar-refractivity contribution in [2.24, 2.45) is 5.92 Å². The molecule has 0 aliphatic heterocycles. The Morgan fingerprint density at radius 3 is 2.77 bits per heavy atom. The van der Waals surface area contributed by atoms with E-state index >= 15 is 0 Å². The van der Waals surface area contributed by atoms with Gasteiger partial charge in [-0.25, -0.2) is 4.98 Å². The van der Waals surface area contributed by atoms with Gasteiger partial charge in [0.15, 0.2) is 0 Å². The molecule has 1 aromatic rings. The standard InChI is InChI=1S/C11H15NS/c1-2-9(3-1)11-12-10(7-13-11)6-8-4-5-8/h7-9H,1-6H2. The van der Waals surface area contributed by atoms with Crippen molar-refractivity contribution in [2.75, 3.05) is 0 Å². The quantitative estimate of drug-likeness (QED) is 0.717. The van der Waals surface area contributed by atoms with Crippen molar-refractivity contribution >= 4 is 11.3 Å². The average Bonchev–Trinajstić information content (AvgIpc) is 2.69. The fourth-order valence-corrected chi connectivity index (χ4v) is 2.88. The molecular formula is C11H15NS. The van der Waals surface area contributed by atoms with E-state index in [0.717, 1.165) is 11.8 Å². The van der Waals surface area contributed by atoms with Crippen LogP contribution < -0.4 is 0 Å². The molecule has 2 saturated carbocycles. The number of thiazole rings is 1. The van der Waals surface area contributed by atoms with Crippen molar-refractivity contribution in [3.05, 3.63) is 16.1 Å². The molecule has 0 spiro atoms. The van der Waals surface area contributed by atoms with Crippen LogP contribution in [0.3, 0.4) is 0 Å². The Morgan fingerprint density at radius 2 is 2.15 bits per heavy atom. The largest absolute Gasteiger partial charge is 0.246 e. The smallest absolute Gasteiger partial charge is 0.0959 e. The number of aromatic nitrogens is 1. The van der Waals surface area contributed by atoms with Crippen LogP contribution in [0.5, 0.6) is 0 Å². The van der Waals surface area contributed by atoms with Gasteiger partial charge in [0.2, 0.25) is 0 Å². The van der Waals surface area contributed by atoms with Crippen molar-refractivity contribution in [3.63, 3.8) is 0 Å². The summed E-state index contributed by atoms with van der Waals surface area (Å²) < 4.78 is 0. The molecule has 2 aliphatic rings. The number of rotatable bonds is 3. The maximum absolute atomic E-state index is 4.73. The van der Waals surface area contributed by atoms with E-state index in [1.165, 1.54) is 49.2 Å². The molecule has 2 heteroatoms. The predicted molar refractivity (Wildman–Crippen MR) is 55.1 cm³/mol. The summed E-state index contributed by atoms with van der Waals surface area (Å²) in [5.41, 5.74) is 1.37. The second-order valence-corrected chi connectivity index (χ2v) is 5.34. The molecule has 13 heavy (non-hydrogen) atoms. The highest BCUT2D eigenvalue weighted by Crippen LogP contribution is 2.39. The summed E-state index contributed by atoms with van der Waals surface area (Å²) in [6.45, 7) is 0. The fourth-order valence-electron chi connectivity index (χ4n) is 1.88. The van der Waals surface area contributed by atoms with Gasteiger partial charge in [0.25, 0.3) is 0 Å². The minimum atomic E-state index is 0.831. The first-order valence-corrected chi connectivity index (χ1v) is 6.24. The first-order chi connectivity index (χ1) is 6.42. The van der Waals surface area contributed by atoms with E-state index in [9.17, 15) is 0 Å². The van der Waals surface area contributed by atoms with Crippen LogP contribution in [0.4, 0.5) is 0 Å². The average molecular weight is 193 g/mol. The Kier molecular flexibility index (Phi) is 1.90. The molecule has 3 rings (SSSR count). The van der Waals surface area contributed by atoms with E-state index in [4.69, 9.17) is 4.98 Å². The summed E-state index contributed by atoms with van der Waals surface area (Å²) in [5.74, 6) is 1.81. The molecule has 0 bridgehead atoms. The lowest BCUT2D eigenvalue weighted by Crippen LogP contribution is -2.08. The van der Waals surface area contributed by atoms with E-state index in [0.29, 0.717) is 0 Å². The Hall–Kier alpha value is -0.370. The number of hydrogen-bond acceptors (Lipinski definition) is 2. The lowest BCUT2D eigenvalue weighted by Gasteiger charge is -2.22. The van der Waals surface area contributed by atoms with Crippen LogP contribution in [0.2, 0.25) is 0 Å². The third kappa shape index (κ3) is 1.64. The molecule has 2 fully saturated rings. The van der Waals surface area contributed by atoms with Crippen LogP contribution in [-0.2, 0) is 6.42 Å². The molecule has 0 radical (unpaired) electrons. The first kappa shape index (κ1) is 7.98. The van der Waals surface area contributed by atoms with Crippen LogP contribution >= 0.6 is 11.3 Å². The molecule has 1 heterocycles. The zero-order valence-electron chi connectivity index (χ0n) is 7.83. The molecular weight excluding hydrogens is 178 g/mol. The van der Waals surface area contributed by atoms with E-state index in [2.05, 4.69) is 5.38 Å². The van der Waals surface area contributed by atoms with Crippen molar-refractivity contribution < 1.29 is 0 Å². The summed E-state index contributed by atoms with van der Waals surface area (Å²) in [6.07, 6.45) is 8.32. The van der Waals surface area contributed by atoms with Gasteiger partial charge in [-0.3, -0.25) is 0 Å². The zero-order chi connectivity index (χ0) is 8.67. The van der Waals surface area contributed by atoms with Crippen molar-refractivity contribution in [2.45, 2.75) is 44.4 Å². The van der Waals surface area contributed by atoms with Gasteiger partial charge >= 0.3 is 0 Å². The lowest BCUT2D eigenvalue weighted by atomic mass is 9.86. The highest BCUT2D eigenvalue weighted by Gasteiger charge is 2.25. The van der Waals surface area contributed by atoms with Crippen LogP contribution in [0.15, 0.2) is 5.38 Å². The predicted octanol–water partition coefficient (Wildman–Crippen LogP) is 3.36. The van der Waals surface area contributed by atoms with Gasteiger partial charge in [-0.05, 0) is 38.0 Å². The Balaban J connectivity index is 1.69. The highest BCUT2D eigenvalue weighted by molar-refractivity contribution is 7.09. The summed E-state index contributed by atoms with van der Waals surface area (Å²) in [5, 5.41) is 3.70. The molecule has 2 aliphatic carbocycles. The Morgan fingerprint density at radius 1 is 1.31 bits per heavy atom. The number of nitrogens with zero attached hydrogens (tertiary/aromatic N) is 1. The third-order valence-electron chi connectivity index (χ3n) is 3.22. The van der Waals surface area contributed by atoms with Crippen LogP contribution in [-0.4, -0.2) is 4.98 Å². The molecule has 0 N–H and O–H groups in total. The molecule has 0 unspecified atom stereocenters. The van der Waals surface area contributed by atoms with Crippen molar-refractivity contribution in [1.82, 2.24) is 4.98 Å². The topological polar surface area (TPSA) is 12.9 Å². The van der Waals surface area contributed by atoms with Gasteiger partial charge in [-0.2, -0.15) is 0 Å². The first-order valence-electron chi connectivity index (χ1n) is 5.36. The van der Waals surface area contributed by atoms with Gasteiger partial charge in [-0.15, -0.1) is 11.3 Å². The molecule has 1 aromatic heterocycles. The second kappa shape index (κ2) is 3.09. The van der Waals surface area contributed by atoms with Gasteiger partial charge < -0.3 is 0 Å². The minimum Gasteiger partial charge on any atom is -0.246 e. The summed E-state index contributed by atoms with van der Waals surface area (Å²) in [7, 11) is 0. The second-order valence-electron chi connectivity index (χ2n) is 4.45. The van der Waals surface area contributed by atoms with Gasteiger partial charge in [0, 0.05) is 11.3 Å². The summed E-state index contributed by atoms with van der Waals surface area (Å²) >= 11 is 1.89. The van der Waals surface area contributed by atoms with E-state index in [-0.39, 0.29) is 0 Å². The molecule has 0 aromatic carbocycles. The minimum absolute atomic E-state index is 0.831. The normalized spacial score (nSPS) is 23.1.